The third kappa shape index (κ3) is 4.19. The first-order valence-electron chi connectivity index (χ1n) is 7.75. The highest BCUT2D eigenvalue weighted by atomic mass is 35.5. The minimum Gasteiger partial charge on any atom is -0.325 e. The quantitative estimate of drug-likeness (QED) is 0.623. The lowest BCUT2D eigenvalue weighted by molar-refractivity contribution is -0.116. The standard InChI is InChI=1S/C15H14ClFN6O3S2/c1-9-19-20-21-23(9)12-7-10(3-4-11(12)17)18-14(24)8-22(2)28(25,26)15-6-5-13(16)27-15/h3-7H,8H2,1-2H3,(H,18,24). The number of hydrogen-bond acceptors (Lipinski definition) is 7. The van der Waals surface area contributed by atoms with Crippen LogP contribution in [0.3, 0.4) is 0 Å². The van der Waals surface area contributed by atoms with Gasteiger partial charge in [0.2, 0.25) is 5.91 Å². The van der Waals surface area contributed by atoms with Crippen molar-refractivity contribution in [1.82, 2.24) is 24.5 Å². The van der Waals surface area contributed by atoms with Crippen LogP contribution in [0.15, 0.2) is 34.5 Å². The summed E-state index contributed by atoms with van der Waals surface area (Å²) in [6, 6.07) is 6.69. The molecular weight excluding hydrogens is 431 g/mol. The number of hydrogen-bond donors (Lipinski definition) is 1. The van der Waals surface area contributed by atoms with Crippen LogP contribution in [0.25, 0.3) is 5.69 Å². The normalized spacial score (nSPS) is 11.8. The third-order valence-corrected chi connectivity index (χ3v) is 7.16. The van der Waals surface area contributed by atoms with Crippen LogP contribution in [0.4, 0.5) is 10.1 Å². The van der Waals surface area contributed by atoms with E-state index in [1.54, 1.807) is 6.92 Å². The number of tetrazole rings is 1. The van der Waals surface area contributed by atoms with Gasteiger partial charge < -0.3 is 5.32 Å². The van der Waals surface area contributed by atoms with Crippen LogP contribution < -0.4 is 5.32 Å². The molecule has 28 heavy (non-hydrogen) atoms. The largest absolute Gasteiger partial charge is 0.325 e. The molecule has 0 spiro atoms. The number of carbonyl (C=O) groups excluding carboxylic acids is 1. The van der Waals surface area contributed by atoms with Gasteiger partial charge in [-0.1, -0.05) is 11.6 Å². The van der Waals surface area contributed by atoms with Gasteiger partial charge in [0.1, 0.15) is 15.7 Å². The second-order valence-electron chi connectivity index (χ2n) is 5.67. The number of halogens is 2. The van der Waals surface area contributed by atoms with Crippen LogP contribution in [0.1, 0.15) is 5.82 Å². The third-order valence-electron chi connectivity index (χ3n) is 3.66. The fraction of sp³-hybridized carbons (Fsp3) is 0.200. The Morgan fingerprint density at radius 3 is 2.71 bits per heavy atom. The molecule has 0 aliphatic carbocycles. The van der Waals surface area contributed by atoms with Crippen molar-refractivity contribution in [1.29, 1.82) is 0 Å². The second kappa shape index (κ2) is 7.91. The van der Waals surface area contributed by atoms with Gasteiger partial charge in [-0.15, -0.1) is 16.4 Å². The number of nitrogens with zero attached hydrogens (tertiary/aromatic N) is 5. The van der Waals surface area contributed by atoms with Crippen LogP contribution in [0, 0.1) is 12.7 Å². The van der Waals surface area contributed by atoms with E-state index in [2.05, 4.69) is 20.8 Å². The van der Waals surface area contributed by atoms with Gasteiger partial charge in [-0.3, -0.25) is 4.79 Å². The van der Waals surface area contributed by atoms with Gasteiger partial charge in [-0.05, 0) is 47.7 Å². The molecule has 1 aromatic carbocycles. The molecule has 0 atom stereocenters. The maximum absolute atomic E-state index is 14.1. The summed E-state index contributed by atoms with van der Waals surface area (Å²) >= 11 is 6.67. The minimum atomic E-state index is -3.85. The number of benzene rings is 1. The summed E-state index contributed by atoms with van der Waals surface area (Å²) in [6.45, 7) is 1.16. The Morgan fingerprint density at radius 1 is 1.36 bits per heavy atom. The van der Waals surface area contributed by atoms with Crippen molar-refractivity contribution in [2.24, 2.45) is 0 Å². The molecule has 3 rings (SSSR count). The van der Waals surface area contributed by atoms with Crippen molar-refractivity contribution >= 4 is 44.6 Å². The summed E-state index contributed by atoms with van der Waals surface area (Å²) < 4.78 is 41.4. The first-order valence-corrected chi connectivity index (χ1v) is 10.4. The van der Waals surface area contributed by atoms with Crippen LogP contribution in [-0.2, 0) is 14.8 Å². The number of anilines is 1. The molecule has 0 unspecified atom stereocenters. The van der Waals surface area contributed by atoms with Crippen molar-refractivity contribution in [3.63, 3.8) is 0 Å². The summed E-state index contributed by atoms with van der Waals surface area (Å²) in [4.78, 5) is 12.3. The van der Waals surface area contributed by atoms with Gasteiger partial charge in [0, 0.05) is 12.7 Å². The van der Waals surface area contributed by atoms with E-state index >= 15 is 0 Å². The minimum absolute atomic E-state index is 0.0334. The summed E-state index contributed by atoms with van der Waals surface area (Å²) in [5.74, 6) is -0.815. The lowest BCUT2D eigenvalue weighted by Crippen LogP contribution is -2.34. The van der Waals surface area contributed by atoms with E-state index in [0.717, 1.165) is 21.7 Å². The molecule has 0 bridgehead atoms. The highest BCUT2D eigenvalue weighted by Crippen LogP contribution is 2.27. The van der Waals surface area contributed by atoms with Gasteiger partial charge in [0.05, 0.1) is 10.9 Å². The fourth-order valence-electron chi connectivity index (χ4n) is 2.28. The Hall–Kier alpha value is -2.41. The maximum atomic E-state index is 14.1. The summed E-state index contributed by atoms with van der Waals surface area (Å²) in [5, 5.41) is 13.4. The highest BCUT2D eigenvalue weighted by Gasteiger charge is 2.25. The lowest BCUT2D eigenvalue weighted by Gasteiger charge is -2.16. The Kier molecular flexibility index (Phi) is 5.74. The number of likely N-dealkylation sites (N-methyl/N-ethyl adjacent to an activating group) is 1. The average Bonchev–Trinajstić information content (AvgIpc) is 3.25. The van der Waals surface area contributed by atoms with Crippen molar-refractivity contribution in [2.75, 3.05) is 18.9 Å². The van der Waals surface area contributed by atoms with Gasteiger partial charge in [0.15, 0.2) is 5.82 Å². The molecule has 0 aliphatic rings. The Bertz CT molecular complexity index is 1130. The van der Waals surface area contributed by atoms with Crippen molar-refractivity contribution < 1.29 is 17.6 Å². The molecule has 1 amide bonds. The molecular formula is C15H14ClFN6O3S2. The van der Waals surface area contributed by atoms with E-state index < -0.39 is 28.3 Å². The van der Waals surface area contributed by atoms with E-state index in [0.29, 0.717) is 10.2 Å². The van der Waals surface area contributed by atoms with E-state index in [1.807, 2.05) is 0 Å². The molecule has 148 valence electrons. The van der Waals surface area contributed by atoms with Gasteiger partial charge in [-0.25, -0.2) is 12.8 Å². The number of rotatable bonds is 6. The maximum Gasteiger partial charge on any atom is 0.252 e. The zero-order valence-electron chi connectivity index (χ0n) is 14.6. The number of sulfonamides is 1. The lowest BCUT2D eigenvalue weighted by atomic mass is 10.2. The zero-order valence-corrected chi connectivity index (χ0v) is 17.0. The van der Waals surface area contributed by atoms with Crippen molar-refractivity contribution in [2.45, 2.75) is 11.1 Å². The number of aryl methyl sites for hydroxylation is 1. The topological polar surface area (TPSA) is 110 Å². The predicted octanol–water partition coefficient (Wildman–Crippen LogP) is 2.08. The number of thiophene rings is 1. The van der Waals surface area contributed by atoms with Crippen LogP contribution in [-0.4, -0.2) is 52.4 Å². The molecule has 0 saturated carbocycles. The number of aromatic nitrogens is 4. The Morgan fingerprint density at radius 2 is 2.11 bits per heavy atom. The SMILES string of the molecule is Cc1nnnn1-c1cc(NC(=O)CN(C)S(=O)(=O)c2ccc(Cl)s2)ccc1F. The molecule has 2 aromatic heterocycles. The van der Waals surface area contributed by atoms with Gasteiger partial charge in [-0.2, -0.15) is 8.99 Å². The van der Waals surface area contributed by atoms with Crippen LogP contribution in [0.2, 0.25) is 4.34 Å². The number of carbonyl (C=O) groups is 1. The second-order valence-corrected chi connectivity index (χ2v) is 9.66. The average molecular weight is 445 g/mol. The van der Waals surface area contributed by atoms with Crippen LogP contribution >= 0.6 is 22.9 Å². The van der Waals surface area contributed by atoms with Gasteiger partial charge in [0.25, 0.3) is 10.0 Å². The molecule has 0 aliphatic heterocycles. The zero-order chi connectivity index (χ0) is 20.5. The van der Waals surface area contributed by atoms with Crippen molar-refractivity contribution in [3.05, 3.63) is 46.3 Å². The van der Waals surface area contributed by atoms with Gasteiger partial charge >= 0.3 is 0 Å². The molecule has 9 nitrogen and oxygen atoms in total. The van der Waals surface area contributed by atoms with E-state index in [4.69, 9.17) is 11.6 Å². The molecule has 3 aromatic rings. The Balaban J connectivity index is 1.74. The molecule has 2 heterocycles. The molecule has 0 saturated heterocycles. The summed E-state index contributed by atoms with van der Waals surface area (Å²) in [7, 11) is -2.56. The molecule has 0 radical (unpaired) electrons. The summed E-state index contributed by atoms with van der Waals surface area (Å²) in [6.07, 6.45) is 0. The Labute approximate surface area is 168 Å². The first-order chi connectivity index (χ1) is 13.2. The molecule has 1 N–H and O–H groups in total. The van der Waals surface area contributed by atoms with E-state index in [-0.39, 0.29) is 15.6 Å². The first kappa shape index (κ1) is 20.3. The van der Waals surface area contributed by atoms with Crippen molar-refractivity contribution in [3.8, 4) is 5.69 Å². The van der Waals surface area contributed by atoms with E-state index in [9.17, 15) is 17.6 Å². The monoisotopic (exact) mass is 444 g/mol. The fourth-order valence-corrected chi connectivity index (χ4v) is 5.11. The number of amides is 1. The number of nitrogens with one attached hydrogen (secondary N) is 1. The highest BCUT2D eigenvalue weighted by molar-refractivity contribution is 7.91. The predicted molar refractivity (Wildman–Crippen MR) is 102 cm³/mol. The smallest absolute Gasteiger partial charge is 0.252 e. The van der Waals surface area contributed by atoms with Crippen LogP contribution in [0.5, 0.6) is 0 Å². The molecule has 13 heteroatoms. The molecule has 0 fully saturated rings. The van der Waals surface area contributed by atoms with E-state index in [1.165, 1.54) is 36.0 Å². The summed E-state index contributed by atoms with van der Waals surface area (Å²) in [5.41, 5.74) is 0.316.